The molecule has 1 amide bonds. The highest BCUT2D eigenvalue weighted by Gasteiger charge is 2.35. The Morgan fingerprint density at radius 3 is 2.48 bits per heavy atom. The Morgan fingerprint density at radius 2 is 1.90 bits per heavy atom. The molecule has 3 atom stereocenters. The zero-order valence-corrected chi connectivity index (χ0v) is 12.0. The first kappa shape index (κ1) is 15.2. The highest BCUT2D eigenvalue weighted by atomic mass is 16.6. The molecule has 0 radical (unpaired) electrons. The van der Waals surface area contributed by atoms with Crippen LogP contribution < -0.4 is 14.8 Å². The molecule has 0 aromatic heterocycles. The van der Waals surface area contributed by atoms with Gasteiger partial charge in [-0.15, -0.1) is 0 Å². The predicted molar refractivity (Wildman–Crippen MR) is 75.4 cm³/mol. The third-order valence-electron chi connectivity index (χ3n) is 3.29. The number of carbonyl (C=O) groups is 2. The molecule has 1 aliphatic heterocycles. The van der Waals surface area contributed by atoms with Crippen LogP contribution in [-0.4, -0.2) is 35.2 Å². The van der Waals surface area contributed by atoms with Gasteiger partial charge >= 0.3 is 5.97 Å². The van der Waals surface area contributed by atoms with E-state index < -0.39 is 30.1 Å². The van der Waals surface area contributed by atoms with E-state index in [1.807, 2.05) is 13.0 Å². The van der Waals surface area contributed by atoms with E-state index in [-0.39, 0.29) is 0 Å². The number of amides is 1. The van der Waals surface area contributed by atoms with Crippen molar-refractivity contribution >= 4 is 11.9 Å². The number of carboxylic acid groups (broad SMARTS) is 1. The number of para-hydroxylation sites is 2. The summed E-state index contributed by atoms with van der Waals surface area (Å²) in [6, 6.07) is 6.16. The third kappa shape index (κ3) is 3.45. The van der Waals surface area contributed by atoms with Crippen molar-refractivity contribution in [1.82, 2.24) is 5.32 Å². The Balaban J connectivity index is 2.07. The normalized spacial score (nSPS) is 21.4. The van der Waals surface area contributed by atoms with E-state index in [0.29, 0.717) is 24.3 Å². The molecule has 0 aliphatic carbocycles. The molecule has 114 valence electrons. The zero-order chi connectivity index (χ0) is 15.4. The van der Waals surface area contributed by atoms with Crippen LogP contribution in [0.25, 0.3) is 0 Å². The molecule has 2 N–H and O–H groups in total. The van der Waals surface area contributed by atoms with Crippen molar-refractivity contribution in [2.24, 2.45) is 0 Å². The smallest absolute Gasteiger partial charge is 0.326 e. The molecule has 2 rings (SSSR count). The fraction of sp³-hybridized carbons (Fsp3) is 0.467. The number of carbonyl (C=O) groups excluding carboxylic acids is 1. The van der Waals surface area contributed by atoms with Crippen molar-refractivity contribution in [3.8, 4) is 11.5 Å². The molecule has 2 unspecified atom stereocenters. The summed E-state index contributed by atoms with van der Waals surface area (Å²) in [6.45, 7) is 3.58. The first-order chi connectivity index (χ1) is 10.0. The maximum atomic E-state index is 12.2. The highest BCUT2D eigenvalue weighted by molar-refractivity contribution is 5.87. The standard InChI is InChI=1S/C15H19NO5/c1-3-6-10(15(18)19)16-14(17)13-9(2)20-11-7-4-5-8-12(11)21-13/h4-5,7-10,13H,3,6H2,1-2H3,(H,16,17)(H,18,19)/t9?,10-,13?/m1/s1. The number of carboxylic acids is 1. The maximum Gasteiger partial charge on any atom is 0.326 e. The minimum atomic E-state index is -1.05. The second kappa shape index (κ2) is 6.47. The van der Waals surface area contributed by atoms with Gasteiger partial charge in [-0.1, -0.05) is 25.5 Å². The van der Waals surface area contributed by atoms with Gasteiger partial charge < -0.3 is 19.9 Å². The quantitative estimate of drug-likeness (QED) is 0.861. The van der Waals surface area contributed by atoms with Crippen molar-refractivity contribution in [3.63, 3.8) is 0 Å². The van der Waals surface area contributed by atoms with Crippen molar-refractivity contribution in [1.29, 1.82) is 0 Å². The van der Waals surface area contributed by atoms with Gasteiger partial charge in [-0.2, -0.15) is 0 Å². The Labute approximate surface area is 123 Å². The number of aliphatic carboxylic acids is 1. The summed E-state index contributed by atoms with van der Waals surface area (Å²) in [5.41, 5.74) is 0. The van der Waals surface area contributed by atoms with E-state index in [1.54, 1.807) is 25.1 Å². The molecule has 0 saturated carbocycles. The average molecular weight is 293 g/mol. The molecule has 0 saturated heterocycles. The molecule has 6 heteroatoms. The molecule has 0 fully saturated rings. The number of hydrogen-bond donors (Lipinski definition) is 2. The predicted octanol–water partition coefficient (Wildman–Crippen LogP) is 1.58. The zero-order valence-electron chi connectivity index (χ0n) is 12.0. The topological polar surface area (TPSA) is 84.9 Å². The number of rotatable bonds is 5. The lowest BCUT2D eigenvalue weighted by Crippen LogP contribution is -2.53. The summed E-state index contributed by atoms with van der Waals surface area (Å²) in [5, 5.41) is 11.6. The number of nitrogens with one attached hydrogen (secondary N) is 1. The summed E-state index contributed by atoms with van der Waals surface area (Å²) >= 11 is 0. The largest absolute Gasteiger partial charge is 0.482 e. The Bertz CT molecular complexity index is 531. The molecule has 1 aromatic rings. The van der Waals surface area contributed by atoms with Crippen LogP contribution in [0.5, 0.6) is 11.5 Å². The number of ether oxygens (including phenoxy) is 2. The number of benzene rings is 1. The lowest BCUT2D eigenvalue weighted by Gasteiger charge is -2.31. The maximum absolute atomic E-state index is 12.2. The fourth-order valence-corrected chi connectivity index (χ4v) is 2.21. The molecule has 6 nitrogen and oxygen atoms in total. The van der Waals surface area contributed by atoms with Crippen LogP contribution >= 0.6 is 0 Å². The Morgan fingerprint density at radius 1 is 1.29 bits per heavy atom. The van der Waals surface area contributed by atoms with Crippen molar-refractivity contribution in [2.75, 3.05) is 0 Å². The summed E-state index contributed by atoms with van der Waals surface area (Å²) in [6.07, 6.45) is -0.313. The first-order valence-corrected chi connectivity index (χ1v) is 6.98. The average Bonchev–Trinajstić information content (AvgIpc) is 2.45. The lowest BCUT2D eigenvalue weighted by atomic mass is 10.1. The minimum absolute atomic E-state index is 0.375. The van der Waals surface area contributed by atoms with Gasteiger partial charge in [0, 0.05) is 0 Å². The van der Waals surface area contributed by atoms with Crippen LogP contribution in [0.1, 0.15) is 26.7 Å². The van der Waals surface area contributed by atoms with Crippen molar-refractivity contribution in [3.05, 3.63) is 24.3 Å². The summed E-state index contributed by atoms with van der Waals surface area (Å²) in [4.78, 5) is 23.3. The fourth-order valence-electron chi connectivity index (χ4n) is 2.21. The summed E-state index contributed by atoms with van der Waals surface area (Å²) in [5.74, 6) is -0.455. The van der Waals surface area contributed by atoms with E-state index in [1.165, 1.54) is 0 Å². The molecule has 21 heavy (non-hydrogen) atoms. The second-order valence-corrected chi connectivity index (χ2v) is 5.00. The van der Waals surface area contributed by atoms with Gasteiger partial charge in [0.1, 0.15) is 12.1 Å². The first-order valence-electron chi connectivity index (χ1n) is 6.98. The van der Waals surface area contributed by atoms with Gasteiger partial charge in [-0.25, -0.2) is 4.79 Å². The van der Waals surface area contributed by atoms with Gasteiger partial charge in [0.25, 0.3) is 5.91 Å². The molecule has 0 spiro atoms. The van der Waals surface area contributed by atoms with Gasteiger partial charge in [0.05, 0.1) is 0 Å². The van der Waals surface area contributed by atoms with Crippen LogP contribution in [0.4, 0.5) is 0 Å². The van der Waals surface area contributed by atoms with E-state index in [4.69, 9.17) is 14.6 Å². The Kier molecular flexibility index (Phi) is 4.67. The van der Waals surface area contributed by atoms with Crippen LogP contribution in [0.3, 0.4) is 0 Å². The van der Waals surface area contributed by atoms with Gasteiger partial charge in [-0.3, -0.25) is 4.79 Å². The van der Waals surface area contributed by atoms with Crippen LogP contribution in [0.15, 0.2) is 24.3 Å². The van der Waals surface area contributed by atoms with Crippen molar-refractivity contribution in [2.45, 2.75) is 44.9 Å². The second-order valence-electron chi connectivity index (χ2n) is 5.00. The van der Waals surface area contributed by atoms with E-state index in [2.05, 4.69) is 5.32 Å². The SMILES string of the molecule is CCC[C@@H](NC(=O)C1Oc2ccccc2OC1C)C(=O)O. The monoisotopic (exact) mass is 293 g/mol. The van der Waals surface area contributed by atoms with E-state index >= 15 is 0 Å². The van der Waals surface area contributed by atoms with Crippen molar-refractivity contribution < 1.29 is 24.2 Å². The molecule has 1 aliphatic rings. The Hall–Kier alpha value is -2.24. The molecular weight excluding hydrogens is 274 g/mol. The molecular formula is C15H19NO5. The summed E-state index contributed by atoms with van der Waals surface area (Å²) in [7, 11) is 0. The number of hydrogen-bond acceptors (Lipinski definition) is 4. The minimum Gasteiger partial charge on any atom is -0.482 e. The van der Waals surface area contributed by atoms with Crippen LogP contribution in [0.2, 0.25) is 0 Å². The molecule has 1 heterocycles. The van der Waals surface area contributed by atoms with Gasteiger partial charge in [0.2, 0.25) is 6.10 Å². The molecule has 1 aromatic carbocycles. The third-order valence-corrected chi connectivity index (χ3v) is 3.29. The van der Waals surface area contributed by atoms with E-state index in [9.17, 15) is 9.59 Å². The van der Waals surface area contributed by atoms with Gasteiger partial charge in [-0.05, 0) is 25.5 Å². The summed E-state index contributed by atoms with van der Waals surface area (Å²) < 4.78 is 11.3. The molecule has 0 bridgehead atoms. The van der Waals surface area contributed by atoms with Crippen LogP contribution in [0, 0.1) is 0 Å². The highest BCUT2D eigenvalue weighted by Crippen LogP contribution is 2.33. The lowest BCUT2D eigenvalue weighted by molar-refractivity contribution is -0.144. The van der Waals surface area contributed by atoms with E-state index in [0.717, 1.165) is 0 Å². The van der Waals surface area contributed by atoms with Gasteiger partial charge in [0.15, 0.2) is 11.5 Å². The van der Waals surface area contributed by atoms with Crippen LogP contribution in [-0.2, 0) is 9.59 Å². The number of fused-ring (bicyclic) bond motifs is 1.